The molecule has 0 radical (unpaired) electrons. The van der Waals surface area contributed by atoms with E-state index in [1.165, 1.54) is 63.3 Å². The summed E-state index contributed by atoms with van der Waals surface area (Å²) in [7, 11) is 1.43. The molecule has 1 fully saturated rings. The fraction of sp³-hybridized carbons (Fsp3) is 0.478. The van der Waals surface area contributed by atoms with Gasteiger partial charge in [-0.25, -0.2) is 8.78 Å². The molecule has 0 aliphatic heterocycles. The van der Waals surface area contributed by atoms with Crippen molar-refractivity contribution in [2.75, 3.05) is 7.11 Å². The van der Waals surface area contributed by atoms with E-state index in [1.54, 1.807) is 0 Å². The molecule has 0 unspecified atom stereocenters. The van der Waals surface area contributed by atoms with Gasteiger partial charge in [0.25, 0.3) is 0 Å². The van der Waals surface area contributed by atoms with E-state index < -0.39 is 11.6 Å². The van der Waals surface area contributed by atoms with E-state index in [4.69, 9.17) is 4.74 Å². The molecule has 1 aliphatic carbocycles. The smallest absolute Gasteiger partial charge is 0.132 e. The van der Waals surface area contributed by atoms with Gasteiger partial charge in [-0.3, -0.25) is 0 Å². The minimum Gasteiger partial charge on any atom is -0.380 e. The second-order valence-electron chi connectivity index (χ2n) is 7.48. The van der Waals surface area contributed by atoms with Gasteiger partial charge in [0.1, 0.15) is 11.6 Å². The van der Waals surface area contributed by atoms with Crippen LogP contribution in [0.2, 0.25) is 0 Å². The summed E-state index contributed by atoms with van der Waals surface area (Å²) in [5.41, 5.74) is 2.74. The second-order valence-corrected chi connectivity index (χ2v) is 7.48. The van der Waals surface area contributed by atoms with Crippen molar-refractivity contribution in [3.63, 3.8) is 0 Å². The quantitative estimate of drug-likeness (QED) is 0.548. The molecule has 0 atom stereocenters. The van der Waals surface area contributed by atoms with E-state index in [1.807, 2.05) is 12.1 Å². The highest BCUT2D eigenvalue weighted by molar-refractivity contribution is 5.64. The van der Waals surface area contributed by atoms with Gasteiger partial charge in [0, 0.05) is 12.7 Å². The Labute approximate surface area is 155 Å². The zero-order valence-corrected chi connectivity index (χ0v) is 15.7. The number of hydrogen-bond acceptors (Lipinski definition) is 1. The van der Waals surface area contributed by atoms with E-state index in [9.17, 15) is 8.78 Å². The minimum absolute atomic E-state index is 0.0169. The van der Waals surface area contributed by atoms with Gasteiger partial charge in [0.05, 0.1) is 6.61 Å². The SMILES string of the molecule is CCC[C@H]1CC[C@H](c2ccc(-c3cc(F)c(COC)c(F)c3)cc2)CC1. The first kappa shape index (κ1) is 19.0. The van der Waals surface area contributed by atoms with Crippen LogP contribution >= 0.6 is 0 Å². The standard InChI is InChI=1S/C23H28F2O/c1-3-4-16-5-7-17(8-6-16)18-9-11-19(12-10-18)20-13-22(24)21(15-26-2)23(25)14-20/h9-14,16-17H,3-8,15H2,1-2H3/t16-,17-. The Bertz CT molecular complexity index is 692. The van der Waals surface area contributed by atoms with Crippen LogP contribution in [0, 0.1) is 17.6 Å². The molecule has 26 heavy (non-hydrogen) atoms. The van der Waals surface area contributed by atoms with Crippen molar-refractivity contribution in [1.29, 1.82) is 0 Å². The molecular formula is C23H28F2O. The monoisotopic (exact) mass is 358 g/mol. The fourth-order valence-corrected chi connectivity index (χ4v) is 4.19. The van der Waals surface area contributed by atoms with Crippen molar-refractivity contribution in [1.82, 2.24) is 0 Å². The highest BCUT2D eigenvalue weighted by atomic mass is 19.1. The maximum Gasteiger partial charge on any atom is 0.132 e. The Hall–Kier alpha value is -1.74. The van der Waals surface area contributed by atoms with Crippen LogP contribution in [0.5, 0.6) is 0 Å². The van der Waals surface area contributed by atoms with Gasteiger partial charge < -0.3 is 4.74 Å². The van der Waals surface area contributed by atoms with Crippen LogP contribution in [-0.2, 0) is 11.3 Å². The fourth-order valence-electron chi connectivity index (χ4n) is 4.19. The van der Waals surface area contributed by atoms with E-state index in [-0.39, 0.29) is 12.2 Å². The summed E-state index contributed by atoms with van der Waals surface area (Å²) in [5, 5.41) is 0. The lowest BCUT2D eigenvalue weighted by atomic mass is 9.77. The van der Waals surface area contributed by atoms with E-state index in [0.29, 0.717) is 11.5 Å². The van der Waals surface area contributed by atoms with E-state index >= 15 is 0 Å². The van der Waals surface area contributed by atoms with Crippen LogP contribution in [0.25, 0.3) is 11.1 Å². The molecule has 0 N–H and O–H groups in total. The summed E-state index contributed by atoms with van der Waals surface area (Å²) in [6.07, 6.45) is 7.76. The third-order valence-electron chi connectivity index (χ3n) is 5.69. The topological polar surface area (TPSA) is 9.23 Å². The van der Waals surface area contributed by atoms with Gasteiger partial charge >= 0.3 is 0 Å². The van der Waals surface area contributed by atoms with Crippen molar-refractivity contribution >= 4 is 0 Å². The molecule has 1 saturated carbocycles. The Balaban J connectivity index is 1.72. The normalized spacial score (nSPS) is 20.3. The molecule has 3 rings (SSSR count). The zero-order valence-electron chi connectivity index (χ0n) is 15.7. The third-order valence-corrected chi connectivity index (χ3v) is 5.69. The number of rotatable bonds is 6. The summed E-state index contributed by atoms with van der Waals surface area (Å²) in [6, 6.07) is 11.0. The first-order valence-electron chi connectivity index (χ1n) is 9.69. The maximum absolute atomic E-state index is 14.1. The molecule has 0 saturated heterocycles. The second kappa shape index (κ2) is 8.77. The highest BCUT2D eigenvalue weighted by Gasteiger charge is 2.21. The van der Waals surface area contributed by atoms with Crippen LogP contribution in [-0.4, -0.2) is 7.11 Å². The average Bonchev–Trinajstić information content (AvgIpc) is 2.66. The van der Waals surface area contributed by atoms with E-state index in [2.05, 4.69) is 19.1 Å². The molecule has 0 aromatic heterocycles. The Morgan fingerprint density at radius 1 is 0.923 bits per heavy atom. The lowest BCUT2D eigenvalue weighted by Gasteiger charge is -2.28. The number of methoxy groups -OCH3 is 1. The first-order valence-corrected chi connectivity index (χ1v) is 9.69. The van der Waals surface area contributed by atoms with Gasteiger partial charge in [-0.2, -0.15) is 0 Å². The van der Waals surface area contributed by atoms with Crippen molar-refractivity contribution < 1.29 is 13.5 Å². The zero-order chi connectivity index (χ0) is 18.5. The van der Waals surface area contributed by atoms with Gasteiger partial charge in [0.15, 0.2) is 0 Å². The molecule has 0 spiro atoms. The van der Waals surface area contributed by atoms with Crippen LogP contribution in [0.1, 0.15) is 62.5 Å². The molecular weight excluding hydrogens is 330 g/mol. The van der Waals surface area contributed by atoms with Crippen molar-refractivity contribution in [2.45, 2.75) is 58.0 Å². The molecule has 0 heterocycles. The predicted molar refractivity (Wildman–Crippen MR) is 102 cm³/mol. The molecule has 2 aromatic carbocycles. The van der Waals surface area contributed by atoms with Crippen LogP contribution in [0.4, 0.5) is 8.78 Å². The molecule has 2 aromatic rings. The summed E-state index contributed by atoms with van der Waals surface area (Å²) in [6.45, 7) is 2.20. The Kier molecular flexibility index (Phi) is 6.42. The lowest BCUT2D eigenvalue weighted by Crippen LogP contribution is -2.13. The molecule has 0 bridgehead atoms. The minimum atomic E-state index is -0.555. The summed E-state index contributed by atoms with van der Waals surface area (Å²) in [5.74, 6) is 0.405. The largest absolute Gasteiger partial charge is 0.380 e. The number of ether oxygens (including phenoxy) is 1. The van der Waals surface area contributed by atoms with Crippen LogP contribution < -0.4 is 0 Å². The van der Waals surface area contributed by atoms with Gasteiger partial charge in [-0.1, -0.05) is 44.0 Å². The summed E-state index contributed by atoms with van der Waals surface area (Å²) in [4.78, 5) is 0. The lowest BCUT2D eigenvalue weighted by molar-refractivity contribution is 0.177. The van der Waals surface area contributed by atoms with E-state index in [0.717, 1.165) is 11.5 Å². The number of halogens is 2. The van der Waals surface area contributed by atoms with Crippen molar-refractivity contribution in [2.24, 2.45) is 5.92 Å². The van der Waals surface area contributed by atoms with Crippen molar-refractivity contribution in [3.05, 3.63) is 59.2 Å². The average molecular weight is 358 g/mol. The van der Waals surface area contributed by atoms with Crippen molar-refractivity contribution in [3.8, 4) is 11.1 Å². The van der Waals surface area contributed by atoms with Crippen LogP contribution in [0.15, 0.2) is 36.4 Å². The third kappa shape index (κ3) is 4.32. The molecule has 1 aliphatic rings. The number of benzene rings is 2. The highest BCUT2D eigenvalue weighted by Crippen LogP contribution is 2.38. The maximum atomic E-state index is 14.1. The van der Waals surface area contributed by atoms with Crippen LogP contribution in [0.3, 0.4) is 0 Å². The summed E-state index contributed by atoms with van der Waals surface area (Å²) < 4.78 is 33.1. The molecule has 0 amide bonds. The number of hydrogen-bond donors (Lipinski definition) is 0. The Morgan fingerprint density at radius 3 is 2.08 bits per heavy atom. The predicted octanol–water partition coefficient (Wildman–Crippen LogP) is 6.85. The first-order chi connectivity index (χ1) is 12.6. The molecule has 140 valence electrons. The van der Waals surface area contributed by atoms with Gasteiger partial charge in [-0.05, 0) is 66.3 Å². The molecule has 1 nitrogen and oxygen atoms in total. The van der Waals surface area contributed by atoms with Gasteiger partial charge in [0.2, 0.25) is 0 Å². The summed E-state index contributed by atoms with van der Waals surface area (Å²) >= 11 is 0. The van der Waals surface area contributed by atoms with Gasteiger partial charge in [-0.15, -0.1) is 0 Å². The Morgan fingerprint density at radius 2 is 1.54 bits per heavy atom. The molecule has 3 heteroatoms.